The van der Waals surface area contributed by atoms with E-state index in [1.54, 1.807) is 0 Å². The zero-order chi connectivity index (χ0) is 12.7. The van der Waals surface area contributed by atoms with Crippen molar-refractivity contribution in [1.29, 1.82) is 0 Å². The second-order valence-electron chi connectivity index (χ2n) is 5.32. The Morgan fingerprint density at radius 2 is 1.89 bits per heavy atom. The van der Waals surface area contributed by atoms with E-state index in [0.29, 0.717) is 5.41 Å². The van der Waals surface area contributed by atoms with E-state index in [2.05, 4.69) is 31.4 Å². The molecule has 18 heavy (non-hydrogen) atoms. The first-order valence-electron chi connectivity index (χ1n) is 7.16. The smallest absolute Gasteiger partial charge is 0.224 e. The van der Waals surface area contributed by atoms with Crippen LogP contribution < -0.4 is 10.6 Å². The summed E-state index contributed by atoms with van der Waals surface area (Å²) in [6.45, 7) is 9.42. The first-order valence-corrected chi connectivity index (χ1v) is 7.16. The normalized spacial score (nSPS) is 20.1. The van der Waals surface area contributed by atoms with E-state index in [-0.39, 0.29) is 24.2 Å². The van der Waals surface area contributed by atoms with E-state index in [4.69, 9.17) is 0 Å². The molecule has 1 atom stereocenters. The zero-order valence-electron chi connectivity index (χ0n) is 12.1. The average molecular weight is 277 g/mol. The van der Waals surface area contributed by atoms with Gasteiger partial charge in [0.2, 0.25) is 5.91 Å². The minimum absolute atomic E-state index is 0. The molecule has 1 rings (SSSR count). The minimum atomic E-state index is 0. The van der Waals surface area contributed by atoms with E-state index in [0.717, 1.165) is 51.7 Å². The van der Waals surface area contributed by atoms with Crippen molar-refractivity contribution in [2.24, 2.45) is 11.3 Å². The van der Waals surface area contributed by atoms with Gasteiger partial charge >= 0.3 is 0 Å². The lowest BCUT2D eigenvalue weighted by molar-refractivity contribution is -0.126. The highest BCUT2D eigenvalue weighted by atomic mass is 35.5. The summed E-state index contributed by atoms with van der Waals surface area (Å²) < 4.78 is 0. The van der Waals surface area contributed by atoms with Crippen molar-refractivity contribution < 1.29 is 4.79 Å². The fourth-order valence-electron chi connectivity index (χ4n) is 2.62. The van der Waals surface area contributed by atoms with Gasteiger partial charge in [0.15, 0.2) is 0 Å². The molecule has 1 aliphatic rings. The average Bonchev–Trinajstić information content (AvgIpc) is 2.41. The Balaban J connectivity index is 0.00000289. The summed E-state index contributed by atoms with van der Waals surface area (Å²) >= 11 is 0. The topological polar surface area (TPSA) is 41.1 Å². The molecular weight excluding hydrogens is 248 g/mol. The maximum atomic E-state index is 12.0. The fraction of sp³-hybridized carbons (Fsp3) is 0.929. The predicted molar refractivity (Wildman–Crippen MR) is 79.2 cm³/mol. The molecule has 0 radical (unpaired) electrons. The molecule has 0 bridgehead atoms. The Bertz CT molecular complexity index is 228. The Morgan fingerprint density at radius 1 is 1.28 bits per heavy atom. The summed E-state index contributed by atoms with van der Waals surface area (Å²) in [5, 5.41) is 6.46. The van der Waals surface area contributed by atoms with Gasteiger partial charge in [-0.05, 0) is 44.1 Å². The maximum absolute atomic E-state index is 12.0. The van der Waals surface area contributed by atoms with E-state index >= 15 is 0 Å². The number of rotatable bonds is 6. The second kappa shape index (κ2) is 8.76. The van der Waals surface area contributed by atoms with Gasteiger partial charge in [0.25, 0.3) is 0 Å². The molecular formula is C14H29ClN2O. The second-order valence-corrected chi connectivity index (χ2v) is 5.32. The first kappa shape index (κ1) is 17.7. The highest BCUT2D eigenvalue weighted by Gasteiger charge is 2.27. The molecule has 0 aromatic carbocycles. The Morgan fingerprint density at radius 3 is 2.33 bits per heavy atom. The standard InChI is InChI=1S/C14H28N2O.ClH/c1-4-14(5-2,6-3)11-16-13(17)12-8-7-9-15-10-12;/h12,15H,4-11H2,1-3H3,(H,16,17);1H. The van der Waals surface area contributed by atoms with Crippen LogP contribution in [0, 0.1) is 11.3 Å². The van der Waals surface area contributed by atoms with Crippen molar-refractivity contribution in [3.05, 3.63) is 0 Å². The summed E-state index contributed by atoms with van der Waals surface area (Å²) in [5.74, 6) is 0.434. The first-order chi connectivity index (χ1) is 8.17. The molecule has 1 aliphatic heterocycles. The van der Waals surface area contributed by atoms with E-state index < -0.39 is 0 Å². The van der Waals surface area contributed by atoms with Gasteiger partial charge in [-0.2, -0.15) is 0 Å². The number of halogens is 1. The number of carbonyl (C=O) groups is 1. The molecule has 2 N–H and O–H groups in total. The van der Waals surface area contributed by atoms with Gasteiger partial charge in [0.05, 0.1) is 5.92 Å². The van der Waals surface area contributed by atoms with Crippen molar-refractivity contribution in [3.63, 3.8) is 0 Å². The highest BCUT2D eigenvalue weighted by molar-refractivity contribution is 5.85. The summed E-state index contributed by atoms with van der Waals surface area (Å²) in [5.41, 5.74) is 0.303. The molecule has 0 aliphatic carbocycles. The molecule has 0 aromatic heterocycles. The monoisotopic (exact) mass is 276 g/mol. The van der Waals surface area contributed by atoms with Crippen LogP contribution in [-0.4, -0.2) is 25.5 Å². The summed E-state index contributed by atoms with van der Waals surface area (Å²) in [4.78, 5) is 12.0. The third-order valence-electron chi connectivity index (χ3n) is 4.56. The van der Waals surface area contributed by atoms with Crippen molar-refractivity contribution >= 4 is 18.3 Å². The maximum Gasteiger partial charge on any atom is 0.224 e. The third-order valence-corrected chi connectivity index (χ3v) is 4.56. The van der Waals surface area contributed by atoms with Gasteiger partial charge in [0, 0.05) is 13.1 Å². The molecule has 1 unspecified atom stereocenters. The van der Waals surface area contributed by atoms with Crippen molar-refractivity contribution in [2.45, 2.75) is 52.9 Å². The summed E-state index contributed by atoms with van der Waals surface area (Å²) in [6, 6.07) is 0. The lowest BCUT2D eigenvalue weighted by atomic mass is 9.79. The molecule has 4 heteroatoms. The number of hydrogen-bond donors (Lipinski definition) is 2. The van der Waals surface area contributed by atoms with Gasteiger partial charge in [-0.15, -0.1) is 12.4 Å². The van der Waals surface area contributed by atoms with E-state index in [1.165, 1.54) is 0 Å². The zero-order valence-corrected chi connectivity index (χ0v) is 12.9. The number of piperidine rings is 1. The van der Waals surface area contributed by atoms with Crippen LogP contribution >= 0.6 is 12.4 Å². The van der Waals surface area contributed by atoms with Gasteiger partial charge in [0.1, 0.15) is 0 Å². The fourth-order valence-corrected chi connectivity index (χ4v) is 2.62. The van der Waals surface area contributed by atoms with E-state index in [1.807, 2.05) is 0 Å². The third kappa shape index (κ3) is 4.77. The Hall–Kier alpha value is -0.280. The quantitative estimate of drug-likeness (QED) is 0.783. The molecule has 1 saturated heterocycles. The Kier molecular flexibility index (Phi) is 8.62. The van der Waals surface area contributed by atoms with Crippen LogP contribution in [0.15, 0.2) is 0 Å². The van der Waals surface area contributed by atoms with Crippen LogP contribution in [-0.2, 0) is 4.79 Å². The van der Waals surface area contributed by atoms with Crippen LogP contribution in [0.4, 0.5) is 0 Å². The SMILES string of the molecule is CCC(CC)(CC)CNC(=O)C1CCCNC1.Cl. The van der Waals surface area contributed by atoms with Gasteiger partial charge < -0.3 is 10.6 Å². The minimum Gasteiger partial charge on any atom is -0.355 e. The molecule has 1 amide bonds. The summed E-state index contributed by atoms with van der Waals surface area (Å²) in [6.07, 6.45) is 5.59. The number of hydrogen-bond acceptors (Lipinski definition) is 2. The van der Waals surface area contributed by atoms with Crippen LogP contribution in [0.1, 0.15) is 52.9 Å². The van der Waals surface area contributed by atoms with Crippen LogP contribution in [0.3, 0.4) is 0 Å². The lowest BCUT2D eigenvalue weighted by Crippen LogP contribution is -2.44. The molecule has 1 fully saturated rings. The van der Waals surface area contributed by atoms with E-state index in [9.17, 15) is 4.79 Å². The molecule has 108 valence electrons. The van der Waals surface area contributed by atoms with Crippen LogP contribution in [0.2, 0.25) is 0 Å². The van der Waals surface area contributed by atoms with Crippen LogP contribution in [0.25, 0.3) is 0 Å². The number of nitrogens with one attached hydrogen (secondary N) is 2. The van der Waals surface area contributed by atoms with Crippen molar-refractivity contribution in [1.82, 2.24) is 10.6 Å². The van der Waals surface area contributed by atoms with Gasteiger partial charge in [-0.25, -0.2) is 0 Å². The van der Waals surface area contributed by atoms with Crippen molar-refractivity contribution in [3.8, 4) is 0 Å². The molecule has 0 spiro atoms. The van der Waals surface area contributed by atoms with Crippen molar-refractivity contribution in [2.75, 3.05) is 19.6 Å². The Labute approximate surface area is 118 Å². The molecule has 3 nitrogen and oxygen atoms in total. The largest absolute Gasteiger partial charge is 0.355 e. The van der Waals surface area contributed by atoms with Crippen LogP contribution in [0.5, 0.6) is 0 Å². The molecule has 0 aromatic rings. The highest BCUT2D eigenvalue weighted by Crippen LogP contribution is 2.29. The van der Waals surface area contributed by atoms with Gasteiger partial charge in [-0.3, -0.25) is 4.79 Å². The lowest BCUT2D eigenvalue weighted by Gasteiger charge is -2.32. The number of amides is 1. The van der Waals surface area contributed by atoms with Gasteiger partial charge in [-0.1, -0.05) is 20.8 Å². The summed E-state index contributed by atoms with van der Waals surface area (Å²) in [7, 11) is 0. The number of carbonyl (C=O) groups excluding carboxylic acids is 1. The predicted octanol–water partition coefficient (Wildman–Crippen LogP) is 2.74. The molecule has 1 heterocycles. The molecule has 0 saturated carbocycles.